The van der Waals surface area contributed by atoms with Gasteiger partial charge in [0.05, 0.1) is 0 Å². The molecule has 0 radical (unpaired) electrons. The summed E-state index contributed by atoms with van der Waals surface area (Å²) < 4.78 is 0. The quantitative estimate of drug-likeness (QED) is 0.809. The van der Waals surface area contributed by atoms with Crippen LogP contribution in [0.25, 0.3) is 0 Å². The summed E-state index contributed by atoms with van der Waals surface area (Å²) in [5.74, 6) is 0.193. The second kappa shape index (κ2) is 8.36. The SMILES string of the molecule is Cc1ccc(N2CCN(Cc3cccc(C(=O)N4CCCC4)c3)CC2)cc1C. The monoisotopic (exact) mass is 377 g/mol. The van der Waals surface area contributed by atoms with E-state index in [0.717, 1.165) is 64.2 Å². The van der Waals surface area contributed by atoms with Gasteiger partial charge in [-0.25, -0.2) is 0 Å². The number of amides is 1. The van der Waals surface area contributed by atoms with Gasteiger partial charge in [-0.1, -0.05) is 18.2 Å². The van der Waals surface area contributed by atoms with Gasteiger partial charge in [0.15, 0.2) is 0 Å². The fraction of sp³-hybridized carbons (Fsp3) is 0.458. The average molecular weight is 378 g/mol. The molecule has 0 saturated carbocycles. The number of carbonyl (C=O) groups is 1. The Labute approximate surface area is 168 Å². The van der Waals surface area contributed by atoms with Crippen molar-refractivity contribution in [3.05, 3.63) is 64.7 Å². The summed E-state index contributed by atoms with van der Waals surface area (Å²) >= 11 is 0. The Morgan fingerprint density at radius 3 is 2.32 bits per heavy atom. The van der Waals surface area contributed by atoms with Crippen LogP contribution >= 0.6 is 0 Å². The Balaban J connectivity index is 1.35. The fourth-order valence-corrected chi connectivity index (χ4v) is 4.25. The molecule has 4 nitrogen and oxygen atoms in total. The molecule has 0 unspecified atom stereocenters. The number of piperazine rings is 1. The largest absolute Gasteiger partial charge is 0.369 e. The summed E-state index contributed by atoms with van der Waals surface area (Å²) in [5.41, 5.74) is 6.13. The highest BCUT2D eigenvalue weighted by Gasteiger charge is 2.21. The van der Waals surface area contributed by atoms with Crippen molar-refractivity contribution in [2.75, 3.05) is 44.2 Å². The third-order valence-corrected chi connectivity index (χ3v) is 6.20. The first kappa shape index (κ1) is 19.0. The van der Waals surface area contributed by atoms with E-state index in [-0.39, 0.29) is 5.91 Å². The average Bonchev–Trinajstić information content (AvgIpc) is 3.25. The molecule has 4 rings (SSSR count). The van der Waals surface area contributed by atoms with Gasteiger partial charge in [0.2, 0.25) is 0 Å². The summed E-state index contributed by atoms with van der Waals surface area (Å²) in [5, 5.41) is 0. The van der Waals surface area contributed by atoms with Gasteiger partial charge in [0, 0.05) is 57.1 Å². The third-order valence-electron chi connectivity index (χ3n) is 6.20. The molecule has 2 aliphatic heterocycles. The molecule has 4 heteroatoms. The first-order valence-corrected chi connectivity index (χ1v) is 10.5. The second-order valence-electron chi connectivity index (χ2n) is 8.23. The van der Waals surface area contributed by atoms with E-state index in [9.17, 15) is 4.79 Å². The van der Waals surface area contributed by atoms with Crippen LogP contribution in [0.3, 0.4) is 0 Å². The van der Waals surface area contributed by atoms with Crippen LogP contribution < -0.4 is 4.90 Å². The van der Waals surface area contributed by atoms with Crippen LogP contribution in [0.15, 0.2) is 42.5 Å². The van der Waals surface area contributed by atoms with Gasteiger partial charge in [-0.3, -0.25) is 9.69 Å². The van der Waals surface area contributed by atoms with E-state index in [1.165, 1.54) is 22.4 Å². The Morgan fingerprint density at radius 1 is 0.857 bits per heavy atom. The number of anilines is 1. The predicted molar refractivity (Wildman–Crippen MR) is 115 cm³/mol. The van der Waals surface area contributed by atoms with E-state index in [1.807, 2.05) is 17.0 Å². The van der Waals surface area contributed by atoms with Crippen molar-refractivity contribution in [2.45, 2.75) is 33.2 Å². The molecule has 2 aromatic rings. The van der Waals surface area contributed by atoms with E-state index >= 15 is 0 Å². The molecule has 28 heavy (non-hydrogen) atoms. The molecule has 2 aromatic carbocycles. The molecule has 0 aromatic heterocycles. The highest BCUT2D eigenvalue weighted by Crippen LogP contribution is 2.21. The summed E-state index contributed by atoms with van der Waals surface area (Å²) in [6.45, 7) is 11.3. The van der Waals surface area contributed by atoms with Crippen LogP contribution in [-0.4, -0.2) is 55.0 Å². The van der Waals surface area contributed by atoms with Crippen LogP contribution in [0.4, 0.5) is 5.69 Å². The molecule has 0 atom stereocenters. The van der Waals surface area contributed by atoms with E-state index in [0.29, 0.717) is 0 Å². The van der Waals surface area contributed by atoms with Crippen molar-refractivity contribution < 1.29 is 4.79 Å². The van der Waals surface area contributed by atoms with Gasteiger partial charge < -0.3 is 9.80 Å². The van der Waals surface area contributed by atoms with Gasteiger partial charge in [-0.05, 0) is 67.6 Å². The molecule has 2 aliphatic rings. The van der Waals surface area contributed by atoms with Crippen LogP contribution in [0.5, 0.6) is 0 Å². The maximum atomic E-state index is 12.6. The van der Waals surface area contributed by atoms with Crippen molar-refractivity contribution in [3.63, 3.8) is 0 Å². The Kier molecular flexibility index (Phi) is 5.67. The van der Waals surface area contributed by atoms with Gasteiger partial charge in [0.25, 0.3) is 5.91 Å². The zero-order chi connectivity index (χ0) is 19.5. The van der Waals surface area contributed by atoms with E-state index < -0.39 is 0 Å². The molecule has 148 valence electrons. The molecule has 0 spiro atoms. The normalized spacial score (nSPS) is 17.9. The highest BCUT2D eigenvalue weighted by atomic mass is 16.2. The molecule has 0 N–H and O–H groups in total. The van der Waals surface area contributed by atoms with Crippen molar-refractivity contribution in [1.29, 1.82) is 0 Å². The fourth-order valence-electron chi connectivity index (χ4n) is 4.25. The predicted octanol–water partition coefficient (Wildman–Crippen LogP) is 3.86. The first-order valence-electron chi connectivity index (χ1n) is 10.5. The Morgan fingerprint density at radius 2 is 1.61 bits per heavy atom. The molecule has 2 fully saturated rings. The lowest BCUT2D eigenvalue weighted by molar-refractivity contribution is 0.0792. The minimum atomic E-state index is 0.193. The molecular formula is C24H31N3O. The smallest absolute Gasteiger partial charge is 0.253 e. The highest BCUT2D eigenvalue weighted by molar-refractivity contribution is 5.94. The van der Waals surface area contributed by atoms with Crippen molar-refractivity contribution >= 4 is 11.6 Å². The topological polar surface area (TPSA) is 26.8 Å². The third kappa shape index (κ3) is 4.22. The summed E-state index contributed by atoms with van der Waals surface area (Å²) in [7, 11) is 0. The zero-order valence-corrected chi connectivity index (χ0v) is 17.2. The van der Waals surface area contributed by atoms with Crippen molar-refractivity contribution in [1.82, 2.24) is 9.80 Å². The Hall–Kier alpha value is -2.33. The van der Waals surface area contributed by atoms with E-state index in [4.69, 9.17) is 0 Å². The first-order chi connectivity index (χ1) is 13.6. The van der Waals surface area contributed by atoms with Crippen LogP contribution in [0, 0.1) is 13.8 Å². The zero-order valence-electron chi connectivity index (χ0n) is 17.2. The number of likely N-dealkylation sites (tertiary alicyclic amines) is 1. The van der Waals surface area contributed by atoms with E-state index in [1.54, 1.807) is 0 Å². The number of aryl methyl sites for hydroxylation is 2. The number of carbonyl (C=O) groups excluding carboxylic acids is 1. The van der Waals surface area contributed by atoms with Gasteiger partial charge in [-0.15, -0.1) is 0 Å². The maximum absolute atomic E-state index is 12.6. The van der Waals surface area contributed by atoms with Gasteiger partial charge in [0.1, 0.15) is 0 Å². The number of rotatable bonds is 4. The van der Waals surface area contributed by atoms with Crippen LogP contribution in [0.2, 0.25) is 0 Å². The second-order valence-corrected chi connectivity index (χ2v) is 8.23. The molecule has 0 bridgehead atoms. The number of hydrogen-bond donors (Lipinski definition) is 0. The standard InChI is InChI=1S/C24H31N3O/c1-19-8-9-23(16-20(19)2)26-14-12-25(13-15-26)18-21-6-5-7-22(17-21)24(28)27-10-3-4-11-27/h5-9,16-17H,3-4,10-15,18H2,1-2H3. The minimum absolute atomic E-state index is 0.193. The number of hydrogen-bond acceptors (Lipinski definition) is 3. The van der Waals surface area contributed by atoms with Crippen molar-refractivity contribution in [2.24, 2.45) is 0 Å². The minimum Gasteiger partial charge on any atom is -0.369 e. The molecule has 1 amide bonds. The lowest BCUT2D eigenvalue weighted by Crippen LogP contribution is -2.46. The van der Waals surface area contributed by atoms with E-state index in [2.05, 4.69) is 54.0 Å². The van der Waals surface area contributed by atoms with Gasteiger partial charge in [-0.2, -0.15) is 0 Å². The van der Waals surface area contributed by atoms with Crippen molar-refractivity contribution in [3.8, 4) is 0 Å². The molecule has 0 aliphatic carbocycles. The molecule has 2 heterocycles. The summed E-state index contributed by atoms with van der Waals surface area (Å²) in [4.78, 5) is 19.6. The number of nitrogens with zero attached hydrogens (tertiary/aromatic N) is 3. The van der Waals surface area contributed by atoms with Gasteiger partial charge >= 0.3 is 0 Å². The molecular weight excluding hydrogens is 346 g/mol. The van der Waals surface area contributed by atoms with Crippen LogP contribution in [0.1, 0.15) is 39.9 Å². The summed E-state index contributed by atoms with van der Waals surface area (Å²) in [6.07, 6.45) is 2.27. The maximum Gasteiger partial charge on any atom is 0.253 e. The Bertz CT molecular complexity index is 833. The number of benzene rings is 2. The summed E-state index contributed by atoms with van der Waals surface area (Å²) in [6, 6.07) is 15.0. The lowest BCUT2D eigenvalue weighted by atomic mass is 10.1. The lowest BCUT2D eigenvalue weighted by Gasteiger charge is -2.36. The van der Waals surface area contributed by atoms with Crippen LogP contribution in [-0.2, 0) is 6.54 Å². The molecule has 2 saturated heterocycles.